The highest BCUT2D eigenvalue weighted by atomic mass is 16.6. The van der Waals surface area contributed by atoms with E-state index < -0.39 is 4.92 Å². The SMILES string of the molecule is CCn1ncc(NC(=O)c2ccc(Cn3cc([N+](=O)[O-])cn3)cc2)c1C. The van der Waals surface area contributed by atoms with Crippen LogP contribution < -0.4 is 5.32 Å². The Bertz CT molecular complexity index is 942. The highest BCUT2D eigenvalue weighted by Crippen LogP contribution is 2.16. The van der Waals surface area contributed by atoms with E-state index in [-0.39, 0.29) is 11.6 Å². The van der Waals surface area contributed by atoms with Gasteiger partial charge < -0.3 is 5.32 Å². The molecule has 0 unspecified atom stereocenters. The van der Waals surface area contributed by atoms with Crippen LogP contribution in [0.1, 0.15) is 28.5 Å². The van der Waals surface area contributed by atoms with Gasteiger partial charge in [0.2, 0.25) is 0 Å². The first kappa shape index (κ1) is 17.3. The van der Waals surface area contributed by atoms with Crippen LogP contribution in [0.5, 0.6) is 0 Å². The monoisotopic (exact) mass is 354 g/mol. The zero-order chi connectivity index (χ0) is 18.7. The lowest BCUT2D eigenvalue weighted by molar-refractivity contribution is -0.385. The van der Waals surface area contributed by atoms with E-state index in [0.717, 1.165) is 17.8 Å². The number of nitrogens with one attached hydrogen (secondary N) is 1. The van der Waals surface area contributed by atoms with Gasteiger partial charge >= 0.3 is 5.69 Å². The predicted molar refractivity (Wildman–Crippen MR) is 95.0 cm³/mol. The Morgan fingerprint density at radius 2 is 1.96 bits per heavy atom. The smallest absolute Gasteiger partial charge is 0.307 e. The van der Waals surface area contributed by atoms with Gasteiger partial charge in [-0.25, -0.2) is 0 Å². The van der Waals surface area contributed by atoms with Crippen molar-refractivity contribution in [2.24, 2.45) is 0 Å². The number of nitro groups is 1. The van der Waals surface area contributed by atoms with Gasteiger partial charge in [0.25, 0.3) is 5.91 Å². The van der Waals surface area contributed by atoms with Crippen LogP contribution in [0.4, 0.5) is 11.4 Å². The molecule has 1 amide bonds. The number of anilines is 1. The maximum atomic E-state index is 12.4. The van der Waals surface area contributed by atoms with Crippen molar-refractivity contribution >= 4 is 17.3 Å². The topological polar surface area (TPSA) is 108 Å². The van der Waals surface area contributed by atoms with Crippen molar-refractivity contribution < 1.29 is 9.72 Å². The number of hydrogen-bond donors (Lipinski definition) is 1. The number of hydrogen-bond acceptors (Lipinski definition) is 5. The van der Waals surface area contributed by atoms with Gasteiger partial charge in [-0.3, -0.25) is 24.3 Å². The van der Waals surface area contributed by atoms with E-state index in [9.17, 15) is 14.9 Å². The molecule has 9 nitrogen and oxygen atoms in total. The Hall–Kier alpha value is -3.49. The largest absolute Gasteiger partial charge is 0.319 e. The first-order valence-corrected chi connectivity index (χ1v) is 8.07. The lowest BCUT2D eigenvalue weighted by Gasteiger charge is -2.07. The number of aromatic nitrogens is 4. The number of aryl methyl sites for hydroxylation is 1. The number of nitrogens with zero attached hydrogens (tertiary/aromatic N) is 5. The third-order valence-corrected chi connectivity index (χ3v) is 4.04. The van der Waals surface area contributed by atoms with Crippen molar-refractivity contribution in [3.63, 3.8) is 0 Å². The first-order valence-electron chi connectivity index (χ1n) is 8.07. The normalized spacial score (nSPS) is 10.7. The molecule has 0 saturated heterocycles. The van der Waals surface area contributed by atoms with Crippen LogP contribution in [0.25, 0.3) is 0 Å². The zero-order valence-electron chi connectivity index (χ0n) is 14.4. The molecule has 0 aliphatic rings. The van der Waals surface area contributed by atoms with Gasteiger partial charge in [0.15, 0.2) is 0 Å². The van der Waals surface area contributed by atoms with Gasteiger partial charge in [0.1, 0.15) is 12.4 Å². The number of carbonyl (C=O) groups excluding carboxylic acids is 1. The third-order valence-electron chi connectivity index (χ3n) is 4.04. The maximum absolute atomic E-state index is 12.4. The van der Waals surface area contributed by atoms with Crippen LogP contribution in [-0.2, 0) is 13.1 Å². The van der Waals surface area contributed by atoms with E-state index in [1.165, 1.54) is 17.1 Å². The van der Waals surface area contributed by atoms with E-state index in [4.69, 9.17) is 0 Å². The fourth-order valence-corrected chi connectivity index (χ4v) is 2.56. The summed E-state index contributed by atoms with van der Waals surface area (Å²) in [6.45, 7) is 5.01. The molecule has 0 aliphatic heterocycles. The molecule has 134 valence electrons. The summed E-state index contributed by atoms with van der Waals surface area (Å²) in [4.78, 5) is 22.6. The average Bonchev–Trinajstić information content (AvgIpc) is 3.23. The molecule has 0 fully saturated rings. The summed E-state index contributed by atoms with van der Waals surface area (Å²) < 4.78 is 3.29. The van der Waals surface area contributed by atoms with Crippen LogP contribution in [0.2, 0.25) is 0 Å². The Morgan fingerprint density at radius 3 is 2.54 bits per heavy atom. The number of benzene rings is 1. The van der Waals surface area contributed by atoms with Crippen LogP contribution >= 0.6 is 0 Å². The van der Waals surface area contributed by atoms with E-state index in [1.54, 1.807) is 30.5 Å². The summed E-state index contributed by atoms with van der Waals surface area (Å²) in [5.41, 5.74) is 2.94. The molecule has 26 heavy (non-hydrogen) atoms. The Labute approximate surface area is 149 Å². The maximum Gasteiger partial charge on any atom is 0.307 e. The first-order chi connectivity index (χ1) is 12.5. The second kappa shape index (κ2) is 7.18. The molecular formula is C17H18N6O3. The third kappa shape index (κ3) is 3.61. The molecule has 3 aromatic rings. The summed E-state index contributed by atoms with van der Waals surface area (Å²) in [6, 6.07) is 7.01. The van der Waals surface area contributed by atoms with Crippen molar-refractivity contribution in [1.82, 2.24) is 19.6 Å². The summed E-state index contributed by atoms with van der Waals surface area (Å²) in [5.74, 6) is -0.218. The van der Waals surface area contributed by atoms with Gasteiger partial charge in [-0.2, -0.15) is 10.2 Å². The quantitative estimate of drug-likeness (QED) is 0.541. The van der Waals surface area contributed by atoms with Crippen molar-refractivity contribution in [3.05, 3.63) is 69.8 Å². The fraction of sp³-hybridized carbons (Fsp3) is 0.235. The zero-order valence-corrected chi connectivity index (χ0v) is 14.4. The van der Waals surface area contributed by atoms with E-state index >= 15 is 0 Å². The van der Waals surface area contributed by atoms with Crippen LogP contribution in [0.15, 0.2) is 42.9 Å². The average molecular weight is 354 g/mol. The number of amides is 1. The van der Waals surface area contributed by atoms with Crippen molar-refractivity contribution in [1.29, 1.82) is 0 Å². The van der Waals surface area contributed by atoms with Gasteiger partial charge in [-0.05, 0) is 31.5 Å². The van der Waals surface area contributed by atoms with Gasteiger partial charge in [-0.1, -0.05) is 12.1 Å². The second-order valence-corrected chi connectivity index (χ2v) is 5.76. The van der Waals surface area contributed by atoms with Gasteiger partial charge in [0.05, 0.1) is 29.0 Å². The van der Waals surface area contributed by atoms with Crippen molar-refractivity contribution in [2.75, 3.05) is 5.32 Å². The minimum Gasteiger partial charge on any atom is -0.319 e. The molecular weight excluding hydrogens is 336 g/mol. The van der Waals surface area contributed by atoms with Crippen LogP contribution in [-0.4, -0.2) is 30.4 Å². The highest BCUT2D eigenvalue weighted by Gasteiger charge is 2.12. The van der Waals surface area contributed by atoms with Crippen molar-refractivity contribution in [2.45, 2.75) is 26.9 Å². The highest BCUT2D eigenvalue weighted by molar-refractivity contribution is 6.04. The molecule has 0 saturated carbocycles. The molecule has 3 rings (SSSR count). The summed E-state index contributed by atoms with van der Waals surface area (Å²) in [6.07, 6.45) is 4.21. The fourth-order valence-electron chi connectivity index (χ4n) is 2.56. The van der Waals surface area contributed by atoms with Gasteiger partial charge in [-0.15, -0.1) is 0 Å². The lowest BCUT2D eigenvalue weighted by atomic mass is 10.1. The molecule has 0 spiro atoms. The van der Waals surface area contributed by atoms with E-state index in [0.29, 0.717) is 17.8 Å². The Balaban J connectivity index is 1.67. The van der Waals surface area contributed by atoms with E-state index in [1.807, 2.05) is 18.5 Å². The minimum atomic E-state index is -0.487. The second-order valence-electron chi connectivity index (χ2n) is 5.76. The van der Waals surface area contributed by atoms with Gasteiger partial charge in [0, 0.05) is 12.1 Å². The van der Waals surface area contributed by atoms with Crippen LogP contribution in [0.3, 0.4) is 0 Å². The molecule has 0 radical (unpaired) electrons. The Kier molecular flexibility index (Phi) is 4.78. The Morgan fingerprint density at radius 1 is 1.23 bits per heavy atom. The molecule has 1 aromatic carbocycles. The van der Waals surface area contributed by atoms with Crippen molar-refractivity contribution in [3.8, 4) is 0 Å². The molecule has 2 aromatic heterocycles. The summed E-state index contributed by atoms with van der Waals surface area (Å²) in [5, 5.41) is 21.7. The number of carbonyl (C=O) groups is 1. The lowest BCUT2D eigenvalue weighted by Crippen LogP contribution is -2.13. The predicted octanol–water partition coefficient (Wildman–Crippen LogP) is 2.62. The minimum absolute atomic E-state index is 0.0519. The number of rotatable bonds is 6. The molecule has 1 N–H and O–H groups in total. The molecule has 0 aliphatic carbocycles. The molecule has 0 bridgehead atoms. The standard InChI is InChI=1S/C17H18N6O3/c1-3-22-12(2)16(9-19-22)20-17(24)14-6-4-13(5-7-14)10-21-11-15(8-18-21)23(25)26/h4-9,11H,3,10H2,1-2H3,(H,20,24). The summed E-state index contributed by atoms with van der Waals surface area (Å²) in [7, 11) is 0. The molecule has 0 atom stereocenters. The summed E-state index contributed by atoms with van der Waals surface area (Å²) >= 11 is 0. The van der Waals surface area contributed by atoms with E-state index in [2.05, 4.69) is 15.5 Å². The molecule has 9 heteroatoms. The molecule has 2 heterocycles. The van der Waals surface area contributed by atoms with Crippen LogP contribution in [0, 0.1) is 17.0 Å².